The summed E-state index contributed by atoms with van der Waals surface area (Å²) in [5.41, 5.74) is 3.22. The van der Waals surface area contributed by atoms with E-state index in [1.165, 1.54) is 0 Å². The second-order valence-corrected chi connectivity index (χ2v) is 6.09. The van der Waals surface area contributed by atoms with E-state index in [1.54, 1.807) is 25.3 Å². The van der Waals surface area contributed by atoms with Crippen LogP contribution in [0.2, 0.25) is 5.02 Å². The topological polar surface area (TPSA) is 47.9 Å². The van der Waals surface area contributed by atoms with Crippen LogP contribution in [0.4, 0.5) is 0 Å². The van der Waals surface area contributed by atoms with Crippen LogP contribution in [-0.4, -0.2) is 19.0 Å². The number of aryl methyl sites for hydroxylation is 1. The van der Waals surface area contributed by atoms with Crippen molar-refractivity contribution in [3.63, 3.8) is 0 Å². The largest absolute Gasteiger partial charge is 0.496 e. The van der Waals surface area contributed by atoms with E-state index in [4.69, 9.17) is 21.1 Å². The Bertz CT molecular complexity index is 854. The molecular formula is C20H18ClNO3. The van der Waals surface area contributed by atoms with Crippen molar-refractivity contribution < 1.29 is 14.3 Å². The minimum absolute atomic E-state index is 0.274. The molecular weight excluding hydrogens is 338 g/mol. The molecule has 0 N–H and O–H groups in total. The molecule has 128 valence electrons. The third kappa shape index (κ3) is 4.09. The summed E-state index contributed by atoms with van der Waals surface area (Å²) >= 11 is 5.88. The fourth-order valence-electron chi connectivity index (χ4n) is 2.57. The number of ether oxygens (including phenoxy) is 2. The van der Waals surface area contributed by atoms with E-state index in [0.29, 0.717) is 23.1 Å². The highest BCUT2D eigenvalue weighted by molar-refractivity contribution is 6.30. The summed E-state index contributed by atoms with van der Waals surface area (Å²) in [7, 11) is 1.60. The Labute approximate surface area is 151 Å². The molecule has 1 aliphatic rings. The van der Waals surface area contributed by atoms with Crippen LogP contribution in [0.25, 0.3) is 6.08 Å². The fraction of sp³-hybridized carbons (Fsp3) is 0.200. The zero-order chi connectivity index (χ0) is 17.8. The Kier molecular flexibility index (Phi) is 5.19. The average molecular weight is 356 g/mol. The number of cyclic esters (lactones) is 1. The van der Waals surface area contributed by atoms with Crippen molar-refractivity contribution in [2.75, 3.05) is 7.11 Å². The van der Waals surface area contributed by atoms with Crippen LogP contribution < -0.4 is 4.74 Å². The molecule has 0 radical (unpaired) electrons. The number of esters is 1. The second kappa shape index (κ2) is 7.53. The van der Waals surface area contributed by atoms with Crippen LogP contribution in [0.3, 0.4) is 0 Å². The van der Waals surface area contributed by atoms with Gasteiger partial charge in [-0.25, -0.2) is 9.79 Å². The summed E-state index contributed by atoms with van der Waals surface area (Å²) in [5, 5.41) is 0.664. The highest BCUT2D eigenvalue weighted by atomic mass is 35.5. The molecule has 2 aromatic carbocycles. The molecule has 3 rings (SSSR count). The number of carbonyl (C=O) groups is 1. The smallest absolute Gasteiger partial charge is 0.363 e. The lowest BCUT2D eigenvalue weighted by atomic mass is 10.1. The van der Waals surface area contributed by atoms with Crippen molar-refractivity contribution in [3.8, 4) is 5.75 Å². The molecule has 0 aromatic heterocycles. The first-order valence-corrected chi connectivity index (χ1v) is 8.39. The number of hydrogen-bond donors (Lipinski definition) is 0. The van der Waals surface area contributed by atoms with Gasteiger partial charge in [-0.1, -0.05) is 36.7 Å². The van der Waals surface area contributed by atoms with Crippen LogP contribution in [0.1, 0.15) is 23.6 Å². The van der Waals surface area contributed by atoms with Crippen LogP contribution in [-0.2, 0) is 22.4 Å². The molecule has 0 saturated heterocycles. The van der Waals surface area contributed by atoms with Gasteiger partial charge in [0.15, 0.2) is 5.70 Å². The Morgan fingerprint density at radius 1 is 1.16 bits per heavy atom. The highest BCUT2D eigenvalue weighted by Crippen LogP contribution is 2.25. The summed E-state index contributed by atoms with van der Waals surface area (Å²) in [5.74, 6) is 0.621. The van der Waals surface area contributed by atoms with Crippen molar-refractivity contribution in [3.05, 3.63) is 69.9 Å². The quantitative estimate of drug-likeness (QED) is 0.588. The Morgan fingerprint density at radius 2 is 1.88 bits per heavy atom. The molecule has 0 saturated carbocycles. The number of carbonyl (C=O) groups excluding carboxylic acids is 1. The number of aliphatic imine (C=N–C) groups is 1. The Balaban J connectivity index is 1.87. The Morgan fingerprint density at radius 3 is 2.56 bits per heavy atom. The first-order valence-electron chi connectivity index (χ1n) is 8.02. The molecule has 0 bridgehead atoms. The van der Waals surface area contributed by atoms with Gasteiger partial charge >= 0.3 is 5.97 Å². The number of hydrogen-bond acceptors (Lipinski definition) is 4. The number of methoxy groups -OCH3 is 1. The van der Waals surface area contributed by atoms with Crippen molar-refractivity contribution >= 4 is 29.5 Å². The standard InChI is InChI=1S/C20H18ClNO3/c1-3-13-6-9-18(24-2)15(10-13)12-17-20(23)25-19(22-17)11-14-4-7-16(21)8-5-14/h4-10,12H,3,11H2,1-2H3/b17-12+. The zero-order valence-corrected chi connectivity index (χ0v) is 14.8. The van der Waals surface area contributed by atoms with Crippen LogP contribution in [0.5, 0.6) is 5.75 Å². The molecule has 0 spiro atoms. The van der Waals surface area contributed by atoms with E-state index in [9.17, 15) is 4.79 Å². The Hall–Kier alpha value is -2.59. The van der Waals surface area contributed by atoms with Crippen LogP contribution in [0.15, 0.2) is 53.2 Å². The monoisotopic (exact) mass is 355 g/mol. The predicted octanol–water partition coefficient (Wildman–Crippen LogP) is 4.45. The third-order valence-corrected chi connectivity index (χ3v) is 4.18. The maximum atomic E-state index is 12.1. The summed E-state index contributed by atoms with van der Waals surface area (Å²) in [6.45, 7) is 2.07. The lowest BCUT2D eigenvalue weighted by Gasteiger charge is -2.06. The summed E-state index contributed by atoms with van der Waals surface area (Å²) in [6.07, 6.45) is 3.04. The summed E-state index contributed by atoms with van der Waals surface area (Å²) < 4.78 is 10.6. The number of rotatable bonds is 5. The normalized spacial score (nSPS) is 15.2. The highest BCUT2D eigenvalue weighted by Gasteiger charge is 2.23. The lowest BCUT2D eigenvalue weighted by molar-refractivity contribution is -0.130. The second-order valence-electron chi connectivity index (χ2n) is 5.66. The molecule has 0 amide bonds. The van der Waals surface area contributed by atoms with E-state index < -0.39 is 5.97 Å². The van der Waals surface area contributed by atoms with Gasteiger partial charge in [-0.2, -0.15) is 0 Å². The van der Waals surface area contributed by atoms with Crippen molar-refractivity contribution in [1.82, 2.24) is 0 Å². The number of benzene rings is 2. The molecule has 2 aromatic rings. The minimum atomic E-state index is -0.451. The lowest BCUT2D eigenvalue weighted by Crippen LogP contribution is -2.06. The van der Waals surface area contributed by atoms with Gasteiger partial charge in [-0.15, -0.1) is 0 Å². The summed E-state index contributed by atoms with van der Waals surface area (Å²) in [4.78, 5) is 16.5. The molecule has 25 heavy (non-hydrogen) atoms. The SMILES string of the molecule is CCc1ccc(OC)c(/C=C2/N=C(Cc3ccc(Cl)cc3)OC2=O)c1. The predicted molar refractivity (Wildman–Crippen MR) is 99.0 cm³/mol. The van der Waals surface area contributed by atoms with E-state index in [1.807, 2.05) is 30.3 Å². The summed E-state index contributed by atoms with van der Waals surface area (Å²) in [6, 6.07) is 13.2. The van der Waals surface area contributed by atoms with Gasteiger partial charge in [0.25, 0.3) is 0 Å². The molecule has 0 atom stereocenters. The molecule has 0 aliphatic carbocycles. The van der Waals surface area contributed by atoms with Crippen molar-refractivity contribution in [1.29, 1.82) is 0 Å². The van der Waals surface area contributed by atoms with Crippen LogP contribution in [0, 0.1) is 0 Å². The zero-order valence-electron chi connectivity index (χ0n) is 14.1. The van der Waals surface area contributed by atoms with Crippen LogP contribution >= 0.6 is 11.6 Å². The minimum Gasteiger partial charge on any atom is -0.496 e. The molecule has 5 heteroatoms. The molecule has 4 nitrogen and oxygen atoms in total. The molecule has 0 fully saturated rings. The number of halogens is 1. The maximum Gasteiger partial charge on any atom is 0.363 e. The van der Waals surface area contributed by atoms with Gasteiger partial charge in [0.05, 0.1) is 7.11 Å². The van der Waals surface area contributed by atoms with E-state index >= 15 is 0 Å². The molecule has 1 aliphatic heterocycles. The van der Waals surface area contributed by atoms with Gasteiger partial charge in [-0.3, -0.25) is 0 Å². The van der Waals surface area contributed by atoms with Gasteiger partial charge in [-0.05, 0) is 47.9 Å². The van der Waals surface area contributed by atoms with Crippen molar-refractivity contribution in [2.24, 2.45) is 4.99 Å². The van der Waals surface area contributed by atoms with Crippen molar-refractivity contribution in [2.45, 2.75) is 19.8 Å². The van der Waals surface area contributed by atoms with Gasteiger partial charge in [0.1, 0.15) is 5.75 Å². The van der Waals surface area contributed by atoms with E-state index in [-0.39, 0.29) is 5.70 Å². The molecule has 1 heterocycles. The van der Waals surface area contributed by atoms with Gasteiger partial charge < -0.3 is 9.47 Å². The van der Waals surface area contributed by atoms with E-state index in [2.05, 4.69) is 11.9 Å². The maximum absolute atomic E-state index is 12.1. The third-order valence-electron chi connectivity index (χ3n) is 3.93. The van der Waals surface area contributed by atoms with Gasteiger partial charge in [0.2, 0.25) is 5.90 Å². The average Bonchev–Trinajstić information content (AvgIpc) is 2.96. The number of nitrogens with zero attached hydrogens (tertiary/aromatic N) is 1. The fourth-order valence-corrected chi connectivity index (χ4v) is 2.70. The van der Waals surface area contributed by atoms with E-state index in [0.717, 1.165) is 23.1 Å². The first kappa shape index (κ1) is 17.2. The molecule has 0 unspecified atom stereocenters. The first-order chi connectivity index (χ1) is 12.1. The van der Waals surface area contributed by atoms with Gasteiger partial charge in [0, 0.05) is 17.0 Å².